The highest BCUT2D eigenvalue weighted by Gasteiger charge is 2.40. The number of aryl methyl sites for hydroxylation is 1. The molecule has 12 heteroatoms. The molecule has 1 aliphatic heterocycles. The first-order valence-electron chi connectivity index (χ1n) is 13.6. The summed E-state index contributed by atoms with van der Waals surface area (Å²) in [5.74, 6) is 1.19. The van der Waals surface area contributed by atoms with Crippen LogP contribution in [0.3, 0.4) is 0 Å². The van der Waals surface area contributed by atoms with Crippen molar-refractivity contribution in [2.45, 2.75) is 57.9 Å². The molecule has 2 heterocycles. The lowest BCUT2D eigenvalue weighted by molar-refractivity contribution is 0.102. The number of rotatable bonds is 9. The van der Waals surface area contributed by atoms with Gasteiger partial charge in [0.25, 0.3) is 5.91 Å². The Bertz CT molecular complexity index is 1640. The summed E-state index contributed by atoms with van der Waals surface area (Å²) in [7, 11) is -0.130. The van der Waals surface area contributed by atoms with E-state index < -0.39 is 10.0 Å². The molecule has 2 aromatic carbocycles. The molecular weight excluding hydrogens is 542 g/mol. The predicted octanol–water partition coefficient (Wildman–Crippen LogP) is 5.46. The van der Waals surface area contributed by atoms with Crippen LogP contribution in [0.1, 0.15) is 78.6 Å². The van der Waals surface area contributed by atoms with Crippen molar-refractivity contribution < 1.29 is 17.9 Å². The van der Waals surface area contributed by atoms with Crippen LogP contribution in [0.25, 0.3) is 0 Å². The highest BCUT2D eigenvalue weighted by atomic mass is 32.2. The zero-order valence-electron chi connectivity index (χ0n) is 24.5. The second kappa shape index (κ2) is 10.5. The number of carbonyl (C=O) groups is 1. The Kier molecular flexibility index (Phi) is 7.31. The lowest BCUT2D eigenvalue weighted by Gasteiger charge is -2.20. The Balaban J connectivity index is 1.41. The molecule has 0 saturated heterocycles. The van der Waals surface area contributed by atoms with Gasteiger partial charge >= 0.3 is 0 Å². The lowest BCUT2D eigenvalue weighted by Crippen LogP contribution is -2.20. The quantitative estimate of drug-likeness (QED) is 0.346. The van der Waals surface area contributed by atoms with Gasteiger partial charge in [0.1, 0.15) is 11.9 Å². The molecule has 2 aliphatic rings. The molecule has 1 saturated carbocycles. The van der Waals surface area contributed by atoms with Gasteiger partial charge in [-0.05, 0) is 60.6 Å². The molecule has 11 nitrogen and oxygen atoms in total. The van der Waals surface area contributed by atoms with Gasteiger partial charge in [0.15, 0.2) is 5.75 Å². The normalized spacial score (nSPS) is 17.7. The Hall–Kier alpha value is -3.93. The summed E-state index contributed by atoms with van der Waals surface area (Å²) < 4.78 is 34.3. The molecule has 2 N–H and O–H groups in total. The molecule has 0 bridgehead atoms. The lowest BCUT2D eigenvalue weighted by atomic mass is 9.96. The van der Waals surface area contributed by atoms with Crippen LogP contribution in [0.15, 0.2) is 46.9 Å². The van der Waals surface area contributed by atoms with E-state index in [0.29, 0.717) is 29.4 Å². The smallest absolute Gasteiger partial charge is 0.255 e. The molecule has 0 radical (unpaired) electrons. The van der Waals surface area contributed by atoms with E-state index in [1.807, 2.05) is 37.3 Å². The monoisotopic (exact) mass is 579 g/mol. The summed E-state index contributed by atoms with van der Waals surface area (Å²) in [6, 6.07) is 8.90. The van der Waals surface area contributed by atoms with E-state index in [2.05, 4.69) is 50.7 Å². The van der Waals surface area contributed by atoms with Gasteiger partial charge in [-0.3, -0.25) is 9.52 Å². The van der Waals surface area contributed by atoms with Crippen molar-refractivity contribution in [1.82, 2.24) is 9.55 Å². The van der Waals surface area contributed by atoms with Gasteiger partial charge < -0.3 is 14.6 Å². The number of nitrogens with zero attached hydrogens (tertiary/aromatic N) is 5. The molecule has 1 amide bonds. The third kappa shape index (κ3) is 5.79. The number of hydrogen-bond acceptors (Lipinski definition) is 8. The van der Waals surface area contributed by atoms with Crippen molar-refractivity contribution in [3.63, 3.8) is 0 Å². The molecule has 218 valence electrons. The van der Waals surface area contributed by atoms with Gasteiger partial charge in [0.05, 0.1) is 48.9 Å². The van der Waals surface area contributed by atoms with E-state index in [1.165, 1.54) is 7.11 Å². The molecule has 3 aromatic rings. The predicted molar refractivity (Wildman–Crippen MR) is 159 cm³/mol. The number of aromatic nitrogens is 2. The van der Waals surface area contributed by atoms with Gasteiger partial charge in [-0.1, -0.05) is 32.1 Å². The Morgan fingerprint density at radius 1 is 1.17 bits per heavy atom. The van der Waals surface area contributed by atoms with Crippen LogP contribution in [0, 0.1) is 6.92 Å². The maximum absolute atomic E-state index is 13.5. The van der Waals surface area contributed by atoms with Crippen molar-refractivity contribution >= 4 is 33.0 Å². The number of nitrogens with one attached hydrogen (secondary N) is 2. The standard InChI is InChI=1S/C29H37N7O4S/c1-17(2)27-30-15-25(35(27)5)23-16-36(34-32-23)24-12-19(9-8-18(24)3)28(37)31-21-13-20(29(4)10-11-29)14-22(26(21)40-6)33-41(7,38)39/h8-9,12-15,17,23,33H,10-11,16H2,1-7H3,(H,31,37). The number of sulfonamides is 1. The SMILES string of the molecule is COc1c(NC(=O)c2ccc(C)c(N3CC(c4cnc(C(C)C)n4C)N=N3)c2)cc(C2(C)CC2)cc1NS(C)(=O)=O. The van der Waals surface area contributed by atoms with Gasteiger partial charge in [-0.25, -0.2) is 18.4 Å². The largest absolute Gasteiger partial charge is 0.492 e. The first kappa shape index (κ1) is 28.6. The second-order valence-electron chi connectivity index (χ2n) is 11.6. The Morgan fingerprint density at radius 3 is 2.49 bits per heavy atom. The molecular formula is C29H37N7O4S. The van der Waals surface area contributed by atoms with Crippen LogP contribution in [0.4, 0.5) is 17.1 Å². The highest BCUT2D eigenvalue weighted by Crippen LogP contribution is 2.51. The third-order valence-corrected chi connectivity index (χ3v) is 8.44. The molecule has 41 heavy (non-hydrogen) atoms. The van der Waals surface area contributed by atoms with Gasteiger partial charge in [-0.2, -0.15) is 5.11 Å². The number of benzene rings is 2. The topological polar surface area (TPSA) is 130 Å². The van der Waals surface area contributed by atoms with E-state index in [9.17, 15) is 13.2 Å². The summed E-state index contributed by atoms with van der Waals surface area (Å²) in [6.07, 6.45) is 4.90. The summed E-state index contributed by atoms with van der Waals surface area (Å²) in [5, 5.41) is 13.7. The van der Waals surface area contributed by atoms with E-state index in [0.717, 1.165) is 47.4 Å². The first-order chi connectivity index (χ1) is 19.3. The van der Waals surface area contributed by atoms with E-state index >= 15 is 0 Å². The number of carbonyl (C=O) groups excluding carboxylic acids is 1. The van der Waals surface area contributed by atoms with Crippen molar-refractivity contribution in [2.24, 2.45) is 17.4 Å². The zero-order chi connectivity index (χ0) is 29.7. The number of ether oxygens (including phenoxy) is 1. The number of anilines is 3. The fourth-order valence-corrected chi connectivity index (χ4v) is 5.76. The fourth-order valence-electron chi connectivity index (χ4n) is 5.21. The third-order valence-electron chi connectivity index (χ3n) is 7.85. The number of imidazole rings is 1. The second-order valence-corrected chi connectivity index (χ2v) is 13.3. The molecule has 1 aliphatic carbocycles. The zero-order valence-corrected chi connectivity index (χ0v) is 25.3. The minimum atomic E-state index is -3.57. The molecule has 0 spiro atoms. The van der Waals surface area contributed by atoms with E-state index in [4.69, 9.17) is 4.74 Å². The maximum atomic E-state index is 13.5. The van der Waals surface area contributed by atoms with Gasteiger partial charge in [0, 0.05) is 18.5 Å². The van der Waals surface area contributed by atoms with Gasteiger partial charge in [0.2, 0.25) is 10.0 Å². The summed E-state index contributed by atoms with van der Waals surface area (Å²) in [4.78, 5) is 18.1. The minimum absolute atomic E-state index is 0.0716. The summed E-state index contributed by atoms with van der Waals surface area (Å²) in [5.41, 5.74) is 4.70. The van der Waals surface area contributed by atoms with Crippen LogP contribution in [-0.4, -0.2) is 43.8 Å². The van der Waals surface area contributed by atoms with Crippen molar-refractivity contribution in [2.75, 3.05) is 35.0 Å². The maximum Gasteiger partial charge on any atom is 0.255 e. The summed E-state index contributed by atoms with van der Waals surface area (Å²) >= 11 is 0. The van der Waals surface area contributed by atoms with Crippen LogP contribution >= 0.6 is 0 Å². The highest BCUT2D eigenvalue weighted by molar-refractivity contribution is 7.92. The Morgan fingerprint density at radius 2 is 1.88 bits per heavy atom. The van der Waals surface area contributed by atoms with Crippen molar-refractivity contribution in [3.05, 3.63) is 64.7 Å². The summed E-state index contributed by atoms with van der Waals surface area (Å²) in [6.45, 7) is 8.82. The fraction of sp³-hybridized carbons (Fsp3) is 0.448. The van der Waals surface area contributed by atoms with Crippen LogP contribution in [0.5, 0.6) is 5.75 Å². The van der Waals surface area contributed by atoms with Crippen LogP contribution in [0.2, 0.25) is 0 Å². The van der Waals surface area contributed by atoms with Crippen LogP contribution in [-0.2, 0) is 22.5 Å². The molecule has 1 unspecified atom stereocenters. The number of amides is 1. The molecule has 5 rings (SSSR count). The molecule has 1 fully saturated rings. The van der Waals surface area contributed by atoms with Gasteiger partial charge in [-0.15, -0.1) is 0 Å². The molecule has 1 atom stereocenters. The number of hydrogen-bond donors (Lipinski definition) is 2. The average Bonchev–Trinajstić information content (AvgIpc) is 3.28. The van der Waals surface area contributed by atoms with Crippen molar-refractivity contribution in [3.8, 4) is 5.75 Å². The van der Waals surface area contributed by atoms with Crippen LogP contribution < -0.4 is 19.8 Å². The molecule has 1 aromatic heterocycles. The Labute approximate surface area is 241 Å². The number of methoxy groups -OCH3 is 1. The van der Waals surface area contributed by atoms with Crippen molar-refractivity contribution in [1.29, 1.82) is 0 Å². The van der Waals surface area contributed by atoms with E-state index in [-0.39, 0.29) is 23.1 Å². The first-order valence-corrected chi connectivity index (χ1v) is 15.5. The average molecular weight is 580 g/mol. The van der Waals surface area contributed by atoms with E-state index in [1.54, 1.807) is 18.2 Å². The minimum Gasteiger partial charge on any atom is -0.492 e.